The zero-order valence-electron chi connectivity index (χ0n) is 13.5. The highest BCUT2D eigenvalue weighted by atomic mass is 35.5. The predicted molar refractivity (Wildman–Crippen MR) is 95.4 cm³/mol. The van der Waals surface area contributed by atoms with Crippen LogP contribution in [0.5, 0.6) is 0 Å². The maximum Gasteiger partial charge on any atom is 0.316 e. The van der Waals surface area contributed by atoms with Crippen molar-refractivity contribution in [3.63, 3.8) is 0 Å². The minimum absolute atomic E-state index is 0.157. The van der Waals surface area contributed by atoms with E-state index in [1.54, 1.807) is 24.5 Å². The lowest BCUT2D eigenvalue weighted by Crippen LogP contribution is -2.08. The Kier molecular flexibility index (Phi) is 5.78. The quantitative estimate of drug-likeness (QED) is 0.457. The summed E-state index contributed by atoms with van der Waals surface area (Å²) in [6.45, 7) is 2.87. The lowest BCUT2D eigenvalue weighted by molar-refractivity contribution is -0.141. The molecule has 2 aromatic heterocycles. The number of furan rings is 1. The van der Waals surface area contributed by atoms with Gasteiger partial charge in [0.15, 0.2) is 16.7 Å². The number of hydrogen-bond donors (Lipinski definition) is 0. The summed E-state index contributed by atoms with van der Waals surface area (Å²) in [5.41, 5.74) is 0.889. The van der Waals surface area contributed by atoms with E-state index in [0.717, 1.165) is 5.56 Å². The van der Waals surface area contributed by atoms with Crippen LogP contribution in [0.3, 0.4) is 0 Å². The summed E-state index contributed by atoms with van der Waals surface area (Å²) < 4.78 is 12.5. The van der Waals surface area contributed by atoms with Crippen molar-refractivity contribution in [2.45, 2.75) is 25.2 Å². The van der Waals surface area contributed by atoms with Crippen LogP contribution in [0.1, 0.15) is 12.5 Å². The number of aromatic nitrogens is 3. The number of benzene rings is 1. The normalized spacial score (nSPS) is 10.8. The average molecular weight is 378 g/mol. The van der Waals surface area contributed by atoms with E-state index in [1.165, 1.54) is 11.8 Å². The van der Waals surface area contributed by atoms with Crippen LogP contribution in [-0.4, -0.2) is 26.5 Å². The van der Waals surface area contributed by atoms with Crippen LogP contribution in [0.25, 0.3) is 11.6 Å². The molecular weight excluding hydrogens is 362 g/mol. The minimum Gasteiger partial charge on any atom is -0.461 e. The van der Waals surface area contributed by atoms with Gasteiger partial charge in [-0.1, -0.05) is 35.5 Å². The van der Waals surface area contributed by atoms with Gasteiger partial charge in [-0.05, 0) is 36.8 Å². The van der Waals surface area contributed by atoms with Gasteiger partial charge in [-0.2, -0.15) is 0 Å². The third kappa shape index (κ3) is 4.43. The van der Waals surface area contributed by atoms with Gasteiger partial charge >= 0.3 is 5.97 Å². The lowest BCUT2D eigenvalue weighted by atomic mass is 10.2. The number of rotatable bonds is 7. The molecule has 0 fully saturated rings. The van der Waals surface area contributed by atoms with Crippen molar-refractivity contribution in [3.8, 4) is 11.6 Å². The van der Waals surface area contributed by atoms with Crippen LogP contribution in [0.4, 0.5) is 0 Å². The van der Waals surface area contributed by atoms with Crippen molar-refractivity contribution in [1.82, 2.24) is 14.8 Å². The molecule has 1 aromatic carbocycles. The van der Waals surface area contributed by atoms with E-state index in [4.69, 9.17) is 20.8 Å². The molecule has 0 radical (unpaired) electrons. The number of carbonyl (C=O) groups excluding carboxylic acids is 1. The lowest BCUT2D eigenvalue weighted by Gasteiger charge is -2.06. The number of halogens is 1. The zero-order valence-corrected chi connectivity index (χ0v) is 15.1. The molecule has 0 saturated carbocycles. The molecule has 8 heteroatoms. The summed E-state index contributed by atoms with van der Waals surface area (Å²) in [5.74, 6) is 1.13. The molecule has 0 saturated heterocycles. The Balaban J connectivity index is 1.56. The van der Waals surface area contributed by atoms with Gasteiger partial charge in [-0.3, -0.25) is 9.36 Å². The number of nitrogens with zero attached hydrogens (tertiary/aromatic N) is 3. The second kappa shape index (κ2) is 8.22. The Bertz CT molecular complexity index is 831. The first-order chi connectivity index (χ1) is 12.2. The Labute approximate surface area is 154 Å². The molecule has 0 aliphatic heterocycles. The monoisotopic (exact) mass is 377 g/mol. The number of hydrogen-bond acceptors (Lipinski definition) is 6. The number of esters is 1. The highest BCUT2D eigenvalue weighted by Crippen LogP contribution is 2.24. The molecule has 3 rings (SSSR count). The first-order valence-corrected chi connectivity index (χ1v) is 9.03. The summed E-state index contributed by atoms with van der Waals surface area (Å²) in [6.07, 6.45) is 1.59. The van der Waals surface area contributed by atoms with Gasteiger partial charge in [0, 0.05) is 11.6 Å². The van der Waals surface area contributed by atoms with Crippen LogP contribution < -0.4 is 0 Å². The van der Waals surface area contributed by atoms with Crippen molar-refractivity contribution in [2.75, 3.05) is 5.75 Å². The molecule has 3 aromatic rings. The molecule has 6 nitrogen and oxygen atoms in total. The van der Waals surface area contributed by atoms with Crippen LogP contribution in [-0.2, 0) is 22.7 Å². The molecule has 2 heterocycles. The smallest absolute Gasteiger partial charge is 0.316 e. The van der Waals surface area contributed by atoms with Gasteiger partial charge in [-0.25, -0.2) is 0 Å². The first kappa shape index (κ1) is 17.6. The summed E-state index contributed by atoms with van der Waals surface area (Å²) >= 11 is 7.11. The van der Waals surface area contributed by atoms with Gasteiger partial charge in [0.2, 0.25) is 0 Å². The van der Waals surface area contributed by atoms with Crippen molar-refractivity contribution in [2.24, 2.45) is 0 Å². The summed E-state index contributed by atoms with van der Waals surface area (Å²) in [6, 6.07) is 10.8. The molecule has 0 aliphatic carbocycles. The molecule has 0 atom stereocenters. The number of thioether (sulfide) groups is 1. The molecule has 0 bridgehead atoms. The highest BCUT2D eigenvalue weighted by Gasteiger charge is 2.16. The molecule has 0 unspecified atom stereocenters. The number of ether oxygens (including phenoxy) is 1. The standard InChI is InChI=1S/C17H16ClN3O3S/c1-2-21-16(14-4-3-9-23-14)19-20-17(21)25-11-15(22)24-10-12-5-7-13(18)8-6-12/h3-9H,2,10-11H2,1H3. The van der Waals surface area contributed by atoms with Gasteiger partial charge in [-0.15, -0.1) is 10.2 Å². The maximum absolute atomic E-state index is 11.9. The van der Waals surface area contributed by atoms with Gasteiger partial charge in [0.1, 0.15) is 6.61 Å². The first-order valence-electron chi connectivity index (χ1n) is 7.67. The Morgan fingerprint density at radius 1 is 1.28 bits per heavy atom. The molecule has 0 spiro atoms. The van der Waals surface area contributed by atoms with Crippen LogP contribution >= 0.6 is 23.4 Å². The fraction of sp³-hybridized carbons (Fsp3) is 0.235. The average Bonchev–Trinajstić information content (AvgIpc) is 3.28. The van der Waals surface area contributed by atoms with Gasteiger partial charge in [0.25, 0.3) is 0 Å². The molecule has 0 aliphatic rings. The van der Waals surface area contributed by atoms with Crippen molar-refractivity contribution in [1.29, 1.82) is 0 Å². The van der Waals surface area contributed by atoms with E-state index in [0.29, 0.717) is 28.3 Å². The summed E-state index contributed by atoms with van der Waals surface area (Å²) in [7, 11) is 0. The van der Waals surface area contributed by atoms with Crippen molar-refractivity contribution in [3.05, 3.63) is 53.2 Å². The Morgan fingerprint density at radius 3 is 2.76 bits per heavy atom. The molecule has 25 heavy (non-hydrogen) atoms. The fourth-order valence-electron chi connectivity index (χ4n) is 2.18. The topological polar surface area (TPSA) is 70.2 Å². The van der Waals surface area contributed by atoms with E-state index in [9.17, 15) is 4.79 Å². The van der Waals surface area contributed by atoms with Crippen LogP contribution in [0.15, 0.2) is 52.2 Å². The minimum atomic E-state index is -0.315. The van der Waals surface area contributed by atoms with E-state index < -0.39 is 0 Å². The second-order valence-corrected chi connectivity index (χ2v) is 6.48. The maximum atomic E-state index is 11.9. The predicted octanol–water partition coefficient (Wildman–Crippen LogP) is 4.05. The van der Waals surface area contributed by atoms with Gasteiger partial charge in [0.05, 0.1) is 12.0 Å². The molecular formula is C17H16ClN3O3S. The van der Waals surface area contributed by atoms with Crippen LogP contribution in [0, 0.1) is 0 Å². The van der Waals surface area contributed by atoms with E-state index >= 15 is 0 Å². The fourth-order valence-corrected chi connectivity index (χ4v) is 3.10. The van der Waals surface area contributed by atoms with Gasteiger partial charge < -0.3 is 9.15 Å². The largest absolute Gasteiger partial charge is 0.461 e. The molecule has 0 amide bonds. The zero-order chi connectivity index (χ0) is 17.6. The Hall–Kier alpha value is -2.25. The summed E-state index contributed by atoms with van der Waals surface area (Å²) in [4.78, 5) is 11.9. The third-order valence-electron chi connectivity index (χ3n) is 3.41. The Morgan fingerprint density at radius 2 is 2.08 bits per heavy atom. The third-order valence-corrected chi connectivity index (χ3v) is 4.60. The van der Waals surface area contributed by atoms with E-state index in [1.807, 2.05) is 29.7 Å². The van der Waals surface area contributed by atoms with Crippen molar-refractivity contribution < 1.29 is 13.9 Å². The molecule has 0 N–H and O–H groups in total. The van der Waals surface area contributed by atoms with E-state index in [2.05, 4.69) is 10.2 Å². The van der Waals surface area contributed by atoms with E-state index in [-0.39, 0.29) is 18.3 Å². The number of carbonyl (C=O) groups is 1. The summed E-state index contributed by atoms with van der Waals surface area (Å²) in [5, 5.41) is 9.58. The second-order valence-electron chi connectivity index (χ2n) is 5.10. The van der Waals surface area contributed by atoms with Crippen molar-refractivity contribution >= 4 is 29.3 Å². The molecule has 130 valence electrons. The SMILES string of the molecule is CCn1c(SCC(=O)OCc2ccc(Cl)cc2)nnc1-c1ccco1. The highest BCUT2D eigenvalue weighted by molar-refractivity contribution is 7.99. The van der Waals surface area contributed by atoms with Crippen LogP contribution in [0.2, 0.25) is 5.02 Å².